The Balaban J connectivity index is 2.91. The summed E-state index contributed by atoms with van der Waals surface area (Å²) in [6.07, 6.45) is 3.39. The maximum absolute atomic E-state index is 10.5. The molecular weight excluding hydrogens is 252 g/mol. The molecule has 0 saturated heterocycles. The smallest absolute Gasteiger partial charge is 0.303 e. The van der Waals surface area contributed by atoms with Crippen molar-refractivity contribution >= 4 is 17.7 Å². The predicted octanol–water partition coefficient (Wildman–Crippen LogP) is 2.83. The Morgan fingerprint density at radius 1 is 1.28 bits per heavy atom. The first kappa shape index (κ1) is 14.7. The minimum absolute atomic E-state index is 0.162. The average Bonchev–Trinajstić information content (AvgIpc) is 2.37. The van der Waals surface area contributed by atoms with Gasteiger partial charge in [0.15, 0.2) is 0 Å². The van der Waals surface area contributed by atoms with E-state index in [1.165, 1.54) is 0 Å². The lowest BCUT2D eigenvalue weighted by molar-refractivity contribution is -0.137. The Morgan fingerprint density at radius 2 is 1.94 bits per heavy atom. The van der Waals surface area contributed by atoms with Gasteiger partial charge in [0.1, 0.15) is 11.5 Å². The van der Waals surface area contributed by atoms with Crippen molar-refractivity contribution in [1.82, 2.24) is 0 Å². The van der Waals surface area contributed by atoms with Gasteiger partial charge in [0.05, 0.1) is 19.1 Å². The Hall–Kier alpha value is -1.36. The minimum atomic E-state index is -0.776. The molecule has 0 spiro atoms. The van der Waals surface area contributed by atoms with Crippen molar-refractivity contribution in [2.45, 2.75) is 24.2 Å². The molecule has 0 aliphatic carbocycles. The third kappa shape index (κ3) is 3.84. The second-order valence-corrected chi connectivity index (χ2v) is 4.61. The molecule has 4 nitrogen and oxygen atoms in total. The van der Waals surface area contributed by atoms with E-state index >= 15 is 0 Å². The van der Waals surface area contributed by atoms with Crippen molar-refractivity contribution in [3.8, 4) is 11.5 Å². The van der Waals surface area contributed by atoms with E-state index in [1.54, 1.807) is 26.0 Å². The van der Waals surface area contributed by atoms with E-state index in [0.29, 0.717) is 12.8 Å². The number of thioether (sulfide) groups is 1. The Labute approximate surface area is 111 Å². The number of methoxy groups -OCH3 is 2. The number of rotatable bonds is 7. The number of hydrogen-bond acceptors (Lipinski definition) is 4. The fraction of sp³-hybridized carbons (Fsp3) is 0.462. The first-order chi connectivity index (χ1) is 8.62. The summed E-state index contributed by atoms with van der Waals surface area (Å²) >= 11 is 1.59. The number of carboxylic acids is 1. The van der Waals surface area contributed by atoms with E-state index < -0.39 is 5.97 Å². The van der Waals surface area contributed by atoms with Crippen LogP contribution in [0.15, 0.2) is 17.0 Å². The van der Waals surface area contributed by atoms with E-state index in [-0.39, 0.29) is 6.42 Å². The monoisotopic (exact) mass is 270 g/mol. The fourth-order valence-electron chi connectivity index (χ4n) is 1.72. The molecular formula is C13H18O4S. The topological polar surface area (TPSA) is 55.8 Å². The number of aliphatic carboxylic acids is 1. The molecule has 0 bridgehead atoms. The molecule has 0 aliphatic rings. The number of carbonyl (C=O) groups is 1. The van der Waals surface area contributed by atoms with E-state index in [0.717, 1.165) is 22.0 Å². The van der Waals surface area contributed by atoms with Crippen molar-refractivity contribution in [1.29, 1.82) is 0 Å². The second-order valence-electron chi connectivity index (χ2n) is 3.77. The molecule has 1 N–H and O–H groups in total. The van der Waals surface area contributed by atoms with Crippen LogP contribution in [-0.2, 0) is 11.2 Å². The lowest BCUT2D eigenvalue weighted by atomic mass is 10.1. The third-order valence-electron chi connectivity index (χ3n) is 2.62. The van der Waals surface area contributed by atoms with Gasteiger partial charge in [-0.05, 0) is 36.8 Å². The van der Waals surface area contributed by atoms with Gasteiger partial charge in [0.25, 0.3) is 0 Å². The number of aryl methyl sites for hydroxylation is 1. The van der Waals surface area contributed by atoms with Crippen molar-refractivity contribution in [2.24, 2.45) is 0 Å². The Bertz CT molecular complexity index is 418. The summed E-state index contributed by atoms with van der Waals surface area (Å²) in [6.45, 7) is 0. The second kappa shape index (κ2) is 7.16. The fourth-order valence-corrected chi connectivity index (χ4v) is 2.29. The number of benzene rings is 1. The van der Waals surface area contributed by atoms with Crippen molar-refractivity contribution in [3.05, 3.63) is 17.7 Å². The maximum Gasteiger partial charge on any atom is 0.303 e. The van der Waals surface area contributed by atoms with Gasteiger partial charge < -0.3 is 14.6 Å². The summed E-state index contributed by atoms with van der Waals surface area (Å²) in [4.78, 5) is 11.5. The summed E-state index contributed by atoms with van der Waals surface area (Å²) in [5.74, 6) is 0.806. The zero-order valence-corrected chi connectivity index (χ0v) is 11.7. The van der Waals surface area contributed by atoms with Crippen molar-refractivity contribution in [2.75, 3.05) is 20.5 Å². The van der Waals surface area contributed by atoms with Crippen LogP contribution in [0.2, 0.25) is 0 Å². The van der Waals surface area contributed by atoms with Crippen LogP contribution in [0.3, 0.4) is 0 Å². The SMILES string of the molecule is COc1cc(SC)c(OC)cc1CCCC(=O)O. The maximum atomic E-state index is 10.5. The molecule has 0 heterocycles. The first-order valence-electron chi connectivity index (χ1n) is 5.63. The van der Waals surface area contributed by atoms with Gasteiger partial charge in [0, 0.05) is 6.42 Å². The molecule has 0 aromatic heterocycles. The minimum Gasteiger partial charge on any atom is -0.496 e. The highest BCUT2D eigenvalue weighted by Crippen LogP contribution is 2.35. The van der Waals surface area contributed by atoms with Crippen molar-refractivity contribution in [3.63, 3.8) is 0 Å². The molecule has 1 aromatic carbocycles. The van der Waals surface area contributed by atoms with Gasteiger partial charge in [-0.2, -0.15) is 0 Å². The molecule has 0 amide bonds. The summed E-state index contributed by atoms with van der Waals surface area (Å²) in [7, 11) is 3.25. The summed E-state index contributed by atoms with van der Waals surface area (Å²) in [5.41, 5.74) is 0.980. The van der Waals surface area contributed by atoms with Crippen LogP contribution in [0, 0.1) is 0 Å². The highest BCUT2D eigenvalue weighted by molar-refractivity contribution is 7.98. The molecule has 100 valence electrons. The predicted molar refractivity (Wildman–Crippen MR) is 71.9 cm³/mol. The standard InChI is InChI=1S/C13H18O4S/c1-16-10-8-12(18-3)11(17-2)7-9(10)5-4-6-13(14)15/h7-8H,4-6H2,1-3H3,(H,14,15). The van der Waals surface area contributed by atoms with Crippen LogP contribution >= 0.6 is 11.8 Å². The average molecular weight is 270 g/mol. The van der Waals surface area contributed by atoms with Crippen LogP contribution in [0.25, 0.3) is 0 Å². The quantitative estimate of drug-likeness (QED) is 0.772. The molecule has 0 atom stereocenters. The number of carboxylic acid groups (broad SMARTS) is 1. The Kier molecular flexibility index (Phi) is 5.85. The third-order valence-corrected chi connectivity index (χ3v) is 3.38. The highest BCUT2D eigenvalue weighted by atomic mass is 32.2. The molecule has 1 rings (SSSR count). The van der Waals surface area contributed by atoms with Crippen LogP contribution < -0.4 is 9.47 Å². The molecule has 0 fully saturated rings. The van der Waals surface area contributed by atoms with Crippen LogP contribution in [0.5, 0.6) is 11.5 Å². The zero-order valence-electron chi connectivity index (χ0n) is 10.9. The molecule has 0 unspecified atom stereocenters. The number of hydrogen-bond donors (Lipinski definition) is 1. The lowest BCUT2D eigenvalue weighted by Crippen LogP contribution is -1.99. The van der Waals surface area contributed by atoms with Gasteiger partial charge in [0.2, 0.25) is 0 Å². The van der Waals surface area contributed by atoms with E-state index in [9.17, 15) is 4.79 Å². The summed E-state index contributed by atoms with van der Waals surface area (Å²) in [5, 5.41) is 8.64. The zero-order chi connectivity index (χ0) is 13.5. The van der Waals surface area contributed by atoms with Gasteiger partial charge in [-0.25, -0.2) is 0 Å². The van der Waals surface area contributed by atoms with Crippen LogP contribution in [0.4, 0.5) is 0 Å². The van der Waals surface area contributed by atoms with Gasteiger partial charge in [-0.1, -0.05) is 0 Å². The molecule has 0 saturated carbocycles. The van der Waals surface area contributed by atoms with Crippen LogP contribution in [0.1, 0.15) is 18.4 Å². The highest BCUT2D eigenvalue weighted by Gasteiger charge is 2.11. The lowest BCUT2D eigenvalue weighted by Gasteiger charge is -2.13. The van der Waals surface area contributed by atoms with E-state index in [1.807, 2.05) is 18.4 Å². The normalized spacial score (nSPS) is 10.2. The van der Waals surface area contributed by atoms with Crippen molar-refractivity contribution < 1.29 is 19.4 Å². The molecule has 0 radical (unpaired) electrons. The molecule has 18 heavy (non-hydrogen) atoms. The summed E-state index contributed by atoms with van der Waals surface area (Å²) < 4.78 is 10.6. The Morgan fingerprint density at radius 3 is 2.44 bits per heavy atom. The van der Waals surface area contributed by atoms with E-state index in [4.69, 9.17) is 14.6 Å². The molecule has 1 aromatic rings. The molecule has 5 heteroatoms. The largest absolute Gasteiger partial charge is 0.496 e. The number of ether oxygens (including phenoxy) is 2. The van der Waals surface area contributed by atoms with E-state index in [2.05, 4.69) is 0 Å². The van der Waals surface area contributed by atoms with Crippen LogP contribution in [-0.4, -0.2) is 31.6 Å². The first-order valence-corrected chi connectivity index (χ1v) is 6.85. The summed E-state index contributed by atoms with van der Waals surface area (Å²) in [6, 6.07) is 3.85. The van der Waals surface area contributed by atoms with Gasteiger partial charge in [-0.3, -0.25) is 4.79 Å². The molecule has 0 aliphatic heterocycles. The van der Waals surface area contributed by atoms with Gasteiger partial charge >= 0.3 is 5.97 Å². The van der Waals surface area contributed by atoms with Gasteiger partial charge in [-0.15, -0.1) is 11.8 Å².